The molecule has 5 heteroatoms. The minimum atomic E-state index is 0.236. The molecule has 0 aliphatic rings. The number of aliphatic hydroxyl groups excluding tert-OH is 1. The molecular formula is C10H10BrNOS2. The first-order valence-electron chi connectivity index (χ1n) is 4.60. The third-order valence-corrected chi connectivity index (χ3v) is 4.48. The highest BCUT2D eigenvalue weighted by molar-refractivity contribution is 9.11. The van der Waals surface area contributed by atoms with Gasteiger partial charge in [0.1, 0.15) is 0 Å². The summed E-state index contributed by atoms with van der Waals surface area (Å²) in [6, 6.07) is 4.10. The highest BCUT2D eigenvalue weighted by Gasteiger charge is 2.06. The van der Waals surface area contributed by atoms with Crippen LogP contribution in [0.15, 0.2) is 21.3 Å². The zero-order valence-electron chi connectivity index (χ0n) is 7.94. The predicted octanol–water partition coefficient (Wildman–Crippen LogP) is 3.56. The Bertz CT molecular complexity index is 438. The maximum absolute atomic E-state index is 8.73. The molecule has 0 aromatic carbocycles. The van der Waals surface area contributed by atoms with Crippen molar-refractivity contribution in [1.82, 2.24) is 4.98 Å². The van der Waals surface area contributed by atoms with Crippen LogP contribution in [0.2, 0.25) is 0 Å². The van der Waals surface area contributed by atoms with Crippen molar-refractivity contribution in [2.45, 2.75) is 12.8 Å². The molecule has 0 bridgehead atoms. The van der Waals surface area contributed by atoms with Crippen molar-refractivity contribution < 1.29 is 5.11 Å². The largest absolute Gasteiger partial charge is 0.396 e. The Morgan fingerprint density at radius 2 is 2.27 bits per heavy atom. The Morgan fingerprint density at radius 3 is 2.93 bits per heavy atom. The molecule has 2 nitrogen and oxygen atoms in total. The summed E-state index contributed by atoms with van der Waals surface area (Å²) in [4.78, 5) is 5.72. The summed E-state index contributed by atoms with van der Waals surface area (Å²) in [5.74, 6) is 0. The molecule has 2 rings (SSSR count). The van der Waals surface area contributed by atoms with Gasteiger partial charge in [0, 0.05) is 18.4 Å². The Hall–Kier alpha value is -0.230. The van der Waals surface area contributed by atoms with Gasteiger partial charge >= 0.3 is 0 Å². The van der Waals surface area contributed by atoms with Gasteiger partial charge in [-0.05, 0) is 34.5 Å². The van der Waals surface area contributed by atoms with Crippen molar-refractivity contribution in [3.8, 4) is 10.6 Å². The number of rotatable bonds is 4. The fourth-order valence-electron chi connectivity index (χ4n) is 1.22. The number of halogens is 1. The van der Waals surface area contributed by atoms with E-state index < -0.39 is 0 Å². The van der Waals surface area contributed by atoms with Gasteiger partial charge in [0.15, 0.2) is 0 Å². The summed E-state index contributed by atoms with van der Waals surface area (Å²) in [7, 11) is 0. The lowest BCUT2D eigenvalue weighted by Gasteiger charge is -1.91. The molecule has 0 aliphatic heterocycles. The first kappa shape index (κ1) is 11.3. The Labute approximate surface area is 105 Å². The quantitative estimate of drug-likeness (QED) is 0.937. The maximum atomic E-state index is 8.73. The van der Waals surface area contributed by atoms with E-state index in [9.17, 15) is 0 Å². The van der Waals surface area contributed by atoms with Crippen LogP contribution in [0.3, 0.4) is 0 Å². The van der Waals surface area contributed by atoms with Crippen LogP contribution in [0.5, 0.6) is 0 Å². The number of thiophene rings is 1. The van der Waals surface area contributed by atoms with E-state index in [0.717, 1.165) is 27.3 Å². The summed E-state index contributed by atoms with van der Waals surface area (Å²) in [5, 5.41) is 11.9. The molecule has 1 N–H and O–H groups in total. The van der Waals surface area contributed by atoms with Crippen molar-refractivity contribution in [3.05, 3.63) is 26.3 Å². The normalized spacial score (nSPS) is 10.8. The minimum absolute atomic E-state index is 0.236. The summed E-state index contributed by atoms with van der Waals surface area (Å²) in [6.45, 7) is 0.236. The van der Waals surface area contributed by atoms with Gasteiger partial charge in [-0.1, -0.05) is 0 Å². The Morgan fingerprint density at radius 1 is 1.40 bits per heavy atom. The predicted molar refractivity (Wildman–Crippen MR) is 68.5 cm³/mol. The topological polar surface area (TPSA) is 33.1 Å². The minimum Gasteiger partial charge on any atom is -0.396 e. The molecule has 15 heavy (non-hydrogen) atoms. The number of hydrogen-bond donors (Lipinski definition) is 1. The van der Waals surface area contributed by atoms with Crippen LogP contribution < -0.4 is 0 Å². The SMILES string of the molecule is OCCCc1nc(-c2ccc(Br)s2)cs1. The molecule has 0 spiro atoms. The standard InChI is InChI=1S/C10H10BrNOS2/c11-9-4-3-8(15-9)7-6-14-10(12-7)2-1-5-13/h3-4,6,13H,1-2,5H2. The number of nitrogens with zero attached hydrogens (tertiary/aromatic N) is 1. The van der Waals surface area contributed by atoms with Crippen LogP contribution in [0.1, 0.15) is 11.4 Å². The molecule has 0 fully saturated rings. The van der Waals surface area contributed by atoms with Gasteiger partial charge in [-0.25, -0.2) is 4.98 Å². The summed E-state index contributed by atoms with van der Waals surface area (Å²) < 4.78 is 1.13. The molecule has 0 aliphatic carbocycles. The van der Waals surface area contributed by atoms with Gasteiger partial charge in [-0.3, -0.25) is 0 Å². The van der Waals surface area contributed by atoms with E-state index >= 15 is 0 Å². The molecule has 0 saturated heterocycles. The fraction of sp³-hybridized carbons (Fsp3) is 0.300. The van der Waals surface area contributed by atoms with Crippen LogP contribution in [0, 0.1) is 0 Å². The van der Waals surface area contributed by atoms with Gasteiger partial charge in [-0.15, -0.1) is 22.7 Å². The zero-order valence-corrected chi connectivity index (χ0v) is 11.2. The zero-order chi connectivity index (χ0) is 10.7. The van der Waals surface area contributed by atoms with Crippen molar-refractivity contribution >= 4 is 38.6 Å². The lowest BCUT2D eigenvalue weighted by molar-refractivity contribution is 0.288. The number of aryl methyl sites for hydroxylation is 1. The fourth-order valence-corrected chi connectivity index (χ4v) is 3.48. The van der Waals surface area contributed by atoms with Crippen molar-refractivity contribution in [3.63, 3.8) is 0 Å². The Balaban J connectivity index is 2.13. The van der Waals surface area contributed by atoms with E-state index in [2.05, 4.69) is 32.4 Å². The van der Waals surface area contributed by atoms with E-state index in [-0.39, 0.29) is 6.61 Å². The molecule has 0 radical (unpaired) electrons. The maximum Gasteiger partial charge on any atom is 0.0933 e. The van der Waals surface area contributed by atoms with Crippen LogP contribution in [-0.4, -0.2) is 16.7 Å². The lowest BCUT2D eigenvalue weighted by Crippen LogP contribution is -1.88. The lowest BCUT2D eigenvalue weighted by atomic mass is 10.3. The van der Waals surface area contributed by atoms with Crippen LogP contribution in [0.25, 0.3) is 10.6 Å². The number of hydrogen-bond acceptors (Lipinski definition) is 4. The van der Waals surface area contributed by atoms with Gasteiger partial charge in [0.05, 0.1) is 19.4 Å². The molecule has 0 unspecified atom stereocenters. The van der Waals surface area contributed by atoms with E-state index in [1.54, 1.807) is 22.7 Å². The number of thiazole rings is 1. The highest BCUT2D eigenvalue weighted by Crippen LogP contribution is 2.31. The molecule has 80 valence electrons. The molecule has 2 aromatic rings. The van der Waals surface area contributed by atoms with Crippen molar-refractivity contribution in [1.29, 1.82) is 0 Å². The van der Waals surface area contributed by atoms with Gasteiger partial charge in [0.25, 0.3) is 0 Å². The number of aliphatic hydroxyl groups is 1. The van der Waals surface area contributed by atoms with Crippen LogP contribution in [0.4, 0.5) is 0 Å². The third kappa shape index (κ3) is 2.87. The third-order valence-electron chi connectivity index (χ3n) is 1.93. The molecule has 2 heterocycles. The molecule has 0 atom stereocenters. The molecule has 0 saturated carbocycles. The summed E-state index contributed by atoms with van der Waals surface area (Å²) in [6.07, 6.45) is 1.66. The van der Waals surface area contributed by atoms with E-state index in [1.165, 1.54) is 4.88 Å². The smallest absolute Gasteiger partial charge is 0.0933 e. The van der Waals surface area contributed by atoms with Crippen LogP contribution in [-0.2, 0) is 6.42 Å². The molecular weight excluding hydrogens is 294 g/mol. The number of aromatic nitrogens is 1. The summed E-state index contributed by atoms with van der Waals surface area (Å²) >= 11 is 6.79. The van der Waals surface area contributed by atoms with E-state index in [0.29, 0.717) is 0 Å². The highest BCUT2D eigenvalue weighted by atomic mass is 79.9. The average Bonchev–Trinajstić information content (AvgIpc) is 2.83. The van der Waals surface area contributed by atoms with Gasteiger partial charge in [-0.2, -0.15) is 0 Å². The summed E-state index contributed by atoms with van der Waals surface area (Å²) in [5.41, 5.74) is 1.05. The Kier molecular flexibility index (Phi) is 3.91. The molecule has 2 aromatic heterocycles. The molecule has 0 amide bonds. The van der Waals surface area contributed by atoms with Gasteiger partial charge < -0.3 is 5.11 Å². The van der Waals surface area contributed by atoms with E-state index in [4.69, 9.17) is 5.11 Å². The second-order valence-electron chi connectivity index (χ2n) is 3.06. The first-order chi connectivity index (χ1) is 7.29. The van der Waals surface area contributed by atoms with E-state index in [1.807, 2.05) is 6.07 Å². The monoisotopic (exact) mass is 303 g/mol. The van der Waals surface area contributed by atoms with Crippen LogP contribution >= 0.6 is 38.6 Å². The second kappa shape index (κ2) is 5.21. The van der Waals surface area contributed by atoms with Crippen molar-refractivity contribution in [2.24, 2.45) is 0 Å². The van der Waals surface area contributed by atoms with Crippen molar-refractivity contribution in [2.75, 3.05) is 6.61 Å². The second-order valence-corrected chi connectivity index (χ2v) is 6.46. The first-order valence-corrected chi connectivity index (χ1v) is 7.09. The van der Waals surface area contributed by atoms with Gasteiger partial charge in [0.2, 0.25) is 0 Å². The average molecular weight is 304 g/mol.